The number of aromatic nitrogens is 2. The van der Waals surface area contributed by atoms with Crippen LogP contribution in [-0.4, -0.2) is 28.9 Å². The SMILES string of the molecule is Cc1nn(C)c(C)c1CC(=O)NC1(c2cccc(F)c2)CCOCC1. The predicted molar refractivity (Wildman–Crippen MR) is 92.7 cm³/mol. The molecule has 0 spiro atoms. The zero-order valence-electron chi connectivity index (χ0n) is 14.9. The van der Waals surface area contributed by atoms with E-state index in [1.807, 2.05) is 27.0 Å². The second-order valence-corrected chi connectivity index (χ2v) is 6.70. The number of amides is 1. The number of hydrogen-bond donors (Lipinski definition) is 1. The summed E-state index contributed by atoms with van der Waals surface area (Å²) in [5.41, 5.74) is 3.01. The van der Waals surface area contributed by atoms with Crippen molar-refractivity contribution in [2.75, 3.05) is 13.2 Å². The van der Waals surface area contributed by atoms with E-state index in [9.17, 15) is 9.18 Å². The summed E-state index contributed by atoms with van der Waals surface area (Å²) in [6.07, 6.45) is 1.53. The monoisotopic (exact) mass is 345 g/mol. The van der Waals surface area contributed by atoms with E-state index in [1.54, 1.807) is 10.7 Å². The third-order valence-electron chi connectivity index (χ3n) is 5.10. The molecule has 6 heteroatoms. The van der Waals surface area contributed by atoms with E-state index >= 15 is 0 Å². The van der Waals surface area contributed by atoms with Gasteiger partial charge in [0.15, 0.2) is 0 Å². The van der Waals surface area contributed by atoms with Crippen LogP contribution in [0.25, 0.3) is 0 Å². The van der Waals surface area contributed by atoms with Crippen molar-refractivity contribution in [3.63, 3.8) is 0 Å². The van der Waals surface area contributed by atoms with Crippen LogP contribution < -0.4 is 5.32 Å². The van der Waals surface area contributed by atoms with Gasteiger partial charge in [0.25, 0.3) is 0 Å². The van der Waals surface area contributed by atoms with Crippen LogP contribution >= 0.6 is 0 Å². The lowest BCUT2D eigenvalue weighted by Gasteiger charge is -2.38. The molecule has 2 aromatic rings. The van der Waals surface area contributed by atoms with Crippen LogP contribution in [0.2, 0.25) is 0 Å². The Hall–Kier alpha value is -2.21. The Morgan fingerprint density at radius 3 is 2.68 bits per heavy atom. The molecule has 0 aliphatic carbocycles. The first-order chi connectivity index (χ1) is 11.9. The van der Waals surface area contributed by atoms with E-state index in [0.29, 0.717) is 26.1 Å². The maximum absolute atomic E-state index is 13.7. The van der Waals surface area contributed by atoms with Crippen molar-refractivity contribution in [2.24, 2.45) is 7.05 Å². The molecule has 0 radical (unpaired) electrons. The number of ether oxygens (including phenoxy) is 1. The average Bonchev–Trinajstić information content (AvgIpc) is 2.82. The highest BCUT2D eigenvalue weighted by Gasteiger charge is 2.36. The van der Waals surface area contributed by atoms with E-state index in [-0.39, 0.29) is 18.1 Å². The molecule has 1 aromatic carbocycles. The third-order valence-corrected chi connectivity index (χ3v) is 5.10. The zero-order chi connectivity index (χ0) is 18.0. The van der Waals surface area contributed by atoms with Crippen molar-refractivity contribution in [1.82, 2.24) is 15.1 Å². The van der Waals surface area contributed by atoms with Crippen molar-refractivity contribution >= 4 is 5.91 Å². The van der Waals surface area contributed by atoms with Gasteiger partial charge in [0.05, 0.1) is 17.7 Å². The molecule has 5 nitrogen and oxygen atoms in total. The Morgan fingerprint density at radius 1 is 1.36 bits per heavy atom. The molecule has 1 aromatic heterocycles. The predicted octanol–water partition coefficient (Wildman–Crippen LogP) is 2.54. The van der Waals surface area contributed by atoms with Crippen molar-refractivity contribution in [3.8, 4) is 0 Å². The fourth-order valence-corrected chi connectivity index (χ4v) is 3.54. The molecule has 1 aliphatic rings. The van der Waals surface area contributed by atoms with Crippen LogP contribution in [0, 0.1) is 19.7 Å². The standard InChI is InChI=1S/C19H24FN3O2/c1-13-17(14(2)23(3)22-13)12-18(24)21-19(7-9-25-10-8-19)15-5-4-6-16(20)11-15/h4-6,11H,7-10,12H2,1-3H3,(H,21,24). The van der Waals surface area contributed by atoms with Crippen LogP contribution in [0.3, 0.4) is 0 Å². The van der Waals surface area contributed by atoms with Gasteiger partial charge in [-0.1, -0.05) is 12.1 Å². The molecule has 0 atom stereocenters. The van der Waals surface area contributed by atoms with E-state index in [0.717, 1.165) is 22.5 Å². The molecule has 1 N–H and O–H groups in total. The summed E-state index contributed by atoms with van der Waals surface area (Å²) < 4.78 is 21.0. The van der Waals surface area contributed by atoms with Gasteiger partial charge >= 0.3 is 0 Å². The first kappa shape index (κ1) is 17.6. The number of benzene rings is 1. The number of carbonyl (C=O) groups is 1. The van der Waals surface area contributed by atoms with E-state index in [2.05, 4.69) is 10.4 Å². The Morgan fingerprint density at radius 2 is 2.08 bits per heavy atom. The minimum absolute atomic E-state index is 0.0784. The van der Waals surface area contributed by atoms with Gasteiger partial charge in [-0.2, -0.15) is 5.10 Å². The van der Waals surface area contributed by atoms with E-state index in [1.165, 1.54) is 12.1 Å². The lowest BCUT2D eigenvalue weighted by Crippen LogP contribution is -2.50. The molecule has 0 bridgehead atoms. The van der Waals surface area contributed by atoms with Crippen molar-refractivity contribution < 1.29 is 13.9 Å². The number of aryl methyl sites for hydroxylation is 2. The maximum atomic E-state index is 13.7. The van der Waals surface area contributed by atoms with Gasteiger partial charge < -0.3 is 10.1 Å². The Labute approximate surface area is 147 Å². The molecule has 1 aliphatic heterocycles. The summed E-state index contributed by atoms with van der Waals surface area (Å²) >= 11 is 0. The highest BCUT2D eigenvalue weighted by molar-refractivity contribution is 5.80. The molecule has 1 amide bonds. The second kappa shape index (κ2) is 6.96. The van der Waals surface area contributed by atoms with Crippen LogP contribution in [0.5, 0.6) is 0 Å². The van der Waals surface area contributed by atoms with Crippen LogP contribution in [0.15, 0.2) is 24.3 Å². The van der Waals surface area contributed by atoms with Gasteiger partial charge in [-0.05, 0) is 44.4 Å². The van der Waals surface area contributed by atoms with Crippen LogP contribution in [-0.2, 0) is 28.5 Å². The molecular weight excluding hydrogens is 321 g/mol. The number of nitrogens with zero attached hydrogens (tertiary/aromatic N) is 2. The maximum Gasteiger partial charge on any atom is 0.225 e. The fraction of sp³-hybridized carbons (Fsp3) is 0.474. The van der Waals surface area contributed by atoms with Crippen molar-refractivity contribution in [1.29, 1.82) is 0 Å². The second-order valence-electron chi connectivity index (χ2n) is 6.70. The van der Waals surface area contributed by atoms with Crippen molar-refractivity contribution in [2.45, 2.75) is 38.6 Å². The molecule has 0 saturated carbocycles. The molecule has 134 valence electrons. The Balaban J connectivity index is 1.84. The summed E-state index contributed by atoms with van der Waals surface area (Å²) in [6, 6.07) is 6.48. The molecule has 3 rings (SSSR count). The van der Waals surface area contributed by atoms with Gasteiger partial charge in [-0.25, -0.2) is 4.39 Å². The topological polar surface area (TPSA) is 56.2 Å². The van der Waals surface area contributed by atoms with Gasteiger partial charge in [-0.15, -0.1) is 0 Å². The summed E-state index contributed by atoms with van der Waals surface area (Å²) in [5.74, 6) is -0.373. The lowest BCUT2D eigenvalue weighted by atomic mass is 9.82. The molecule has 1 fully saturated rings. The smallest absolute Gasteiger partial charge is 0.225 e. The lowest BCUT2D eigenvalue weighted by molar-refractivity contribution is -0.123. The summed E-state index contributed by atoms with van der Waals surface area (Å²) in [7, 11) is 1.87. The highest BCUT2D eigenvalue weighted by Crippen LogP contribution is 2.32. The van der Waals surface area contributed by atoms with Gasteiger partial charge in [0.1, 0.15) is 5.82 Å². The van der Waals surface area contributed by atoms with E-state index in [4.69, 9.17) is 4.74 Å². The number of carbonyl (C=O) groups excluding carboxylic acids is 1. The Bertz CT molecular complexity index is 779. The van der Waals surface area contributed by atoms with Crippen LogP contribution in [0.4, 0.5) is 4.39 Å². The number of halogens is 1. The largest absolute Gasteiger partial charge is 0.381 e. The van der Waals surface area contributed by atoms with Gasteiger partial charge in [0.2, 0.25) is 5.91 Å². The third kappa shape index (κ3) is 3.58. The zero-order valence-corrected chi connectivity index (χ0v) is 14.9. The number of hydrogen-bond acceptors (Lipinski definition) is 3. The number of rotatable bonds is 4. The van der Waals surface area contributed by atoms with E-state index < -0.39 is 5.54 Å². The fourth-order valence-electron chi connectivity index (χ4n) is 3.54. The highest BCUT2D eigenvalue weighted by atomic mass is 19.1. The summed E-state index contributed by atoms with van der Waals surface area (Å²) in [4.78, 5) is 12.8. The molecule has 2 heterocycles. The minimum Gasteiger partial charge on any atom is -0.381 e. The molecule has 25 heavy (non-hydrogen) atoms. The molecule has 1 saturated heterocycles. The first-order valence-electron chi connectivity index (χ1n) is 8.55. The molecule has 0 unspecified atom stereocenters. The minimum atomic E-state index is -0.582. The number of nitrogens with one attached hydrogen (secondary N) is 1. The average molecular weight is 345 g/mol. The van der Waals surface area contributed by atoms with Crippen LogP contribution in [0.1, 0.15) is 35.4 Å². The summed E-state index contributed by atoms with van der Waals surface area (Å²) in [6.45, 7) is 4.95. The summed E-state index contributed by atoms with van der Waals surface area (Å²) in [5, 5.41) is 7.53. The van der Waals surface area contributed by atoms with Crippen molar-refractivity contribution in [3.05, 3.63) is 52.6 Å². The molecular formula is C19H24FN3O2. The van der Waals surface area contributed by atoms with Gasteiger partial charge in [-0.3, -0.25) is 9.48 Å². The Kier molecular flexibility index (Phi) is 4.90. The first-order valence-corrected chi connectivity index (χ1v) is 8.55. The van der Waals surface area contributed by atoms with Gasteiger partial charge in [0, 0.05) is 31.5 Å². The normalized spacial score (nSPS) is 16.6. The quantitative estimate of drug-likeness (QED) is 0.926.